The highest BCUT2D eigenvalue weighted by atomic mass is 19.1. The second-order valence-corrected chi connectivity index (χ2v) is 5.94. The molecule has 4 nitrogen and oxygen atoms in total. The normalized spacial score (nSPS) is 13.2. The first-order chi connectivity index (χ1) is 11.5. The first kappa shape index (κ1) is 20.4. The van der Waals surface area contributed by atoms with E-state index in [1.165, 1.54) is 12.1 Å². The molecular formula is C18H29F2N3O. The summed E-state index contributed by atoms with van der Waals surface area (Å²) in [6, 6.07) is 3.64. The lowest BCUT2D eigenvalue weighted by atomic mass is 10.0. The topological polar surface area (TPSA) is 45.6 Å². The molecule has 0 spiro atoms. The minimum absolute atomic E-state index is 0.217. The van der Waals surface area contributed by atoms with Crippen molar-refractivity contribution in [2.45, 2.75) is 39.7 Å². The molecule has 0 amide bonds. The Kier molecular flexibility index (Phi) is 9.30. The zero-order chi connectivity index (χ0) is 17.9. The van der Waals surface area contributed by atoms with Crippen LogP contribution in [0.2, 0.25) is 0 Å². The van der Waals surface area contributed by atoms with E-state index in [2.05, 4.69) is 29.5 Å². The molecule has 0 radical (unpaired) electrons. The van der Waals surface area contributed by atoms with Crippen molar-refractivity contribution < 1.29 is 13.5 Å². The first-order valence-corrected chi connectivity index (χ1v) is 8.48. The molecule has 0 saturated carbocycles. The van der Waals surface area contributed by atoms with Crippen molar-refractivity contribution in [3.05, 3.63) is 35.4 Å². The fraction of sp³-hybridized carbons (Fsp3) is 0.611. The molecule has 1 unspecified atom stereocenters. The number of ether oxygens (including phenoxy) is 1. The van der Waals surface area contributed by atoms with Crippen molar-refractivity contribution >= 4 is 5.96 Å². The summed E-state index contributed by atoms with van der Waals surface area (Å²) >= 11 is 0. The van der Waals surface area contributed by atoms with Gasteiger partial charge in [0.25, 0.3) is 0 Å². The number of aliphatic imine (C=N–C) groups is 1. The Balaban J connectivity index is 2.35. The van der Waals surface area contributed by atoms with Gasteiger partial charge in [-0.05, 0) is 37.3 Å². The average molecular weight is 341 g/mol. The average Bonchev–Trinajstić information content (AvgIpc) is 2.54. The van der Waals surface area contributed by atoms with Crippen molar-refractivity contribution in [3.63, 3.8) is 0 Å². The van der Waals surface area contributed by atoms with E-state index in [-0.39, 0.29) is 6.10 Å². The van der Waals surface area contributed by atoms with Gasteiger partial charge in [0.1, 0.15) is 11.6 Å². The molecule has 0 aliphatic heterocycles. The molecule has 24 heavy (non-hydrogen) atoms. The van der Waals surface area contributed by atoms with Crippen molar-refractivity contribution in [1.29, 1.82) is 0 Å². The van der Waals surface area contributed by atoms with Crippen LogP contribution in [0.3, 0.4) is 0 Å². The molecule has 0 saturated heterocycles. The van der Waals surface area contributed by atoms with Gasteiger partial charge in [-0.3, -0.25) is 4.99 Å². The molecule has 0 heterocycles. The summed E-state index contributed by atoms with van der Waals surface area (Å²) in [5, 5.41) is 6.36. The van der Waals surface area contributed by atoms with Gasteiger partial charge in [0.05, 0.1) is 6.10 Å². The largest absolute Gasteiger partial charge is 0.378 e. The van der Waals surface area contributed by atoms with E-state index >= 15 is 0 Å². The van der Waals surface area contributed by atoms with Crippen LogP contribution in [-0.2, 0) is 11.2 Å². The summed E-state index contributed by atoms with van der Waals surface area (Å²) in [6.07, 6.45) is 1.56. The van der Waals surface area contributed by atoms with E-state index < -0.39 is 11.6 Å². The Labute approximate surface area is 143 Å². The molecule has 0 bridgehead atoms. The molecule has 6 heteroatoms. The summed E-state index contributed by atoms with van der Waals surface area (Å²) in [6.45, 7) is 8.25. The number of nitrogens with one attached hydrogen (secondary N) is 2. The Morgan fingerprint density at radius 2 is 1.92 bits per heavy atom. The highest BCUT2D eigenvalue weighted by Crippen LogP contribution is 2.10. The highest BCUT2D eigenvalue weighted by Gasteiger charge is 2.13. The molecular weight excluding hydrogens is 312 g/mol. The lowest BCUT2D eigenvalue weighted by Gasteiger charge is -2.21. The summed E-state index contributed by atoms with van der Waals surface area (Å²) < 4.78 is 32.2. The number of hydrogen-bond donors (Lipinski definition) is 2. The van der Waals surface area contributed by atoms with E-state index in [1.807, 2.05) is 6.92 Å². The number of hydrogen-bond acceptors (Lipinski definition) is 2. The lowest BCUT2D eigenvalue weighted by molar-refractivity contribution is 0.0258. The molecule has 0 aromatic heterocycles. The monoisotopic (exact) mass is 341 g/mol. The second-order valence-electron chi connectivity index (χ2n) is 5.94. The summed E-state index contributed by atoms with van der Waals surface area (Å²) in [4.78, 5) is 4.14. The first-order valence-electron chi connectivity index (χ1n) is 8.48. The van der Waals surface area contributed by atoms with Crippen molar-refractivity contribution in [3.8, 4) is 0 Å². The molecule has 2 N–H and O–H groups in total. The fourth-order valence-electron chi connectivity index (χ4n) is 2.42. The summed E-state index contributed by atoms with van der Waals surface area (Å²) in [5.41, 5.74) is 0.482. The second kappa shape index (κ2) is 11.0. The quantitative estimate of drug-likeness (QED) is 0.536. The third-order valence-electron chi connectivity index (χ3n) is 3.77. The van der Waals surface area contributed by atoms with Gasteiger partial charge in [0, 0.05) is 32.8 Å². The number of rotatable bonds is 9. The minimum Gasteiger partial charge on any atom is -0.378 e. The van der Waals surface area contributed by atoms with Crippen molar-refractivity contribution in [2.24, 2.45) is 10.9 Å². The Morgan fingerprint density at radius 3 is 2.50 bits per heavy atom. The molecule has 0 fully saturated rings. The number of benzene rings is 1. The van der Waals surface area contributed by atoms with Gasteiger partial charge in [-0.1, -0.05) is 19.9 Å². The van der Waals surface area contributed by atoms with Crippen LogP contribution < -0.4 is 10.6 Å². The van der Waals surface area contributed by atoms with Crippen LogP contribution in [0, 0.1) is 17.6 Å². The highest BCUT2D eigenvalue weighted by molar-refractivity contribution is 5.79. The number of nitrogens with zero attached hydrogens (tertiary/aromatic N) is 1. The molecule has 1 aromatic rings. The van der Waals surface area contributed by atoms with Crippen LogP contribution in [0.25, 0.3) is 0 Å². The van der Waals surface area contributed by atoms with Gasteiger partial charge in [0.15, 0.2) is 5.96 Å². The van der Waals surface area contributed by atoms with Gasteiger partial charge >= 0.3 is 0 Å². The van der Waals surface area contributed by atoms with E-state index in [1.54, 1.807) is 7.05 Å². The molecule has 1 atom stereocenters. The van der Waals surface area contributed by atoms with Gasteiger partial charge in [-0.2, -0.15) is 0 Å². The lowest BCUT2D eigenvalue weighted by Crippen LogP contribution is -2.40. The van der Waals surface area contributed by atoms with Crippen LogP contribution in [0.15, 0.2) is 23.2 Å². The van der Waals surface area contributed by atoms with Crippen LogP contribution in [-0.4, -0.2) is 38.8 Å². The van der Waals surface area contributed by atoms with E-state index in [0.29, 0.717) is 37.0 Å². The molecule has 0 aliphatic carbocycles. The third kappa shape index (κ3) is 7.25. The Hall–Kier alpha value is -1.69. The summed E-state index contributed by atoms with van der Waals surface area (Å²) in [7, 11) is 1.69. The Morgan fingerprint density at radius 1 is 1.21 bits per heavy atom. The van der Waals surface area contributed by atoms with Crippen LogP contribution in [0.5, 0.6) is 0 Å². The Bertz CT molecular complexity index is 521. The number of guanidine groups is 1. The third-order valence-corrected chi connectivity index (χ3v) is 3.77. The standard InChI is InChI=1S/C18H29F2N3O/c1-5-24-17(13(2)3)9-11-23-18(21-4)22-10-8-14-6-7-15(19)12-16(14)20/h6-7,12-13,17H,5,8-11H2,1-4H3,(H2,21,22,23). The zero-order valence-electron chi connectivity index (χ0n) is 15.0. The number of halogens is 2. The van der Waals surface area contributed by atoms with Gasteiger partial charge < -0.3 is 15.4 Å². The minimum atomic E-state index is -0.560. The zero-order valence-corrected chi connectivity index (χ0v) is 15.0. The SMILES string of the molecule is CCOC(CCNC(=NC)NCCc1ccc(F)cc1F)C(C)C. The van der Waals surface area contributed by atoms with Gasteiger partial charge in [-0.15, -0.1) is 0 Å². The van der Waals surface area contributed by atoms with Gasteiger partial charge in [0.2, 0.25) is 0 Å². The fourth-order valence-corrected chi connectivity index (χ4v) is 2.42. The maximum atomic E-state index is 13.6. The van der Waals surface area contributed by atoms with Crippen molar-refractivity contribution in [1.82, 2.24) is 10.6 Å². The molecule has 0 aliphatic rings. The van der Waals surface area contributed by atoms with Crippen LogP contribution in [0.4, 0.5) is 8.78 Å². The van der Waals surface area contributed by atoms with Crippen LogP contribution >= 0.6 is 0 Å². The maximum absolute atomic E-state index is 13.6. The van der Waals surface area contributed by atoms with Crippen molar-refractivity contribution in [2.75, 3.05) is 26.7 Å². The smallest absolute Gasteiger partial charge is 0.190 e. The molecule has 1 aromatic carbocycles. The summed E-state index contributed by atoms with van der Waals surface area (Å²) in [5.74, 6) is 0.0478. The van der Waals surface area contributed by atoms with E-state index in [9.17, 15) is 8.78 Å². The predicted molar refractivity (Wildman–Crippen MR) is 94.3 cm³/mol. The predicted octanol–water partition coefficient (Wildman–Crippen LogP) is 3.12. The van der Waals surface area contributed by atoms with E-state index in [0.717, 1.165) is 19.0 Å². The van der Waals surface area contributed by atoms with Crippen LogP contribution in [0.1, 0.15) is 32.8 Å². The van der Waals surface area contributed by atoms with Gasteiger partial charge in [-0.25, -0.2) is 8.78 Å². The molecule has 136 valence electrons. The van der Waals surface area contributed by atoms with E-state index in [4.69, 9.17) is 4.74 Å². The molecule has 1 rings (SSSR count). The maximum Gasteiger partial charge on any atom is 0.190 e.